The lowest BCUT2D eigenvalue weighted by molar-refractivity contribution is 1.41. The molecule has 0 radical (unpaired) electrons. The molecule has 0 unspecified atom stereocenters. The molecule has 1 heterocycles. The van der Waals surface area contributed by atoms with E-state index in [4.69, 9.17) is 0 Å². The number of aromatic amines is 2. The van der Waals surface area contributed by atoms with Gasteiger partial charge in [-0.05, 0) is 24.3 Å². The zero-order valence-corrected chi connectivity index (χ0v) is 17.6. The van der Waals surface area contributed by atoms with Crippen molar-refractivity contribution in [2.24, 2.45) is 0 Å². The molecule has 0 spiro atoms. The maximum atomic E-state index is 13.4. The van der Waals surface area contributed by atoms with Crippen LogP contribution in [0.5, 0.6) is 0 Å². The molecule has 2 N–H and O–H groups in total. The molecule has 0 aliphatic heterocycles. The number of hydrogen-bond donors (Lipinski definition) is 2. The summed E-state index contributed by atoms with van der Waals surface area (Å²) in [6.45, 7) is 0. The smallest absolute Gasteiger partial charge is 0.196 e. The highest BCUT2D eigenvalue weighted by atomic mass is 16.1. The zero-order valence-electron chi connectivity index (χ0n) is 17.6. The Labute approximate surface area is 189 Å². The van der Waals surface area contributed by atoms with Gasteiger partial charge in [-0.1, -0.05) is 48.5 Å². The Morgan fingerprint density at radius 1 is 0.412 bits per heavy atom. The molecule has 0 bridgehead atoms. The second-order valence-electron chi connectivity index (χ2n) is 8.51. The molecule has 1 aromatic heterocycles. The van der Waals surface area contributed by atoms with E-state index >= 15 is 0 Å². The van der Waals surface area contributed by atoms with E-state index < -0.39 is 0 Å². The molecule has 0 saturated carbocycles. The fraction of sp³-hybridized carbons (Fsp3) is 0. The van der Waals surface area contributed by atoms with Crippen LogP contribution in [-0.4, -0.2) is 9.97 Å². The van der Waals surface area contributed by atoms with Gasteiger partial charge in [-0.3, -0.25) is 19.2 Å². The van der Waals surface area contributed by atoms with Crippen LogP contribution in [-0.2, 0) is 0 Å². The van der Waals surface area contributed by atoms with Gasteiger partial charge in [-0.2, -0.15) is 0 Å². The van der Waals surface area contributed by atoms with Crippen LogP contribution in [0.4, 0.5) is 0 Å². The first-order valence-electron chi connectivity index (χ1n) is 10.8. The van der Waals surface area contributed by atoms with E-state index in [9.17, 15) is 19.2 Å². The highest BCUT2D eigenvalue weighted by molar-refractivity contribution is 6.11. The van der Waals surface area contributed by atoms with Crippen molar-refractivity contribution < 1.29 is 0 Å². The average Bonchev–Trinajstić information content (AvgIpc) is 2.88. The number of aromatic nitrogens is 2. The van der Waals surface area contributed by atoms with Crippen molar-refractivity contribution in [1.29, 1.82) is 0 Å². The molecule has 6 heteroatoms. The van der Waals surface area contributed by atoms with Gasteiger partial charge in [-0.15, -0.1) is 0 Å². The SMILES string of the molecule is O=c1c2ccccc2c(=O)c2cc3[nH]c4c(ccc5c(=O)c6ccccc6c(=O)c54)[nH]c3cc12. The fourth-order valence-electron chi connectivity index (χ4n) is 5.05. The van der Waals surface area contributed by atoms with Crippen molar-refractivity contribution in [3.63, 3.8) is 0 Å². The molecule has 34 heavy (non-hydrogen) atoms. The standard InChI is InChI=1S/C28H14N2O4/c31-25-15-7-3-4-8-16(15)28(34)23-17(25)9-10-20-24(23)30-22-12-19-18(11-21(22)29-20)26(32)13-5-1-2-6-14(13)27(19)33/h1-12,29-30H. The lowest BCUT2D eigenvalue weighted by Gasteiger charge is -2.09. The molecular weight excluding hydrogens is 428 g/mol. The maximum absolute atomic E-state index is 13.4. The van der Waals surface area contributed by atoms with Gasteiger partial charge in [0.05, 0.1) is 27.5 Å². The van der Waals surface area contributed by atoms with Crippen LogP contribution in [0.3, 0.4) is 0 Å². The van der Waals surface area contributed by atoms with Crippen molar-refractivity contribution in [2.75, 3.05) is 0 Å². The highest BCUT2D eigenvalue weighted by Crippen LogP contribution is 2.25. The van der Waals surface area contributed by atoms with Crippen molar-refractivity contribution in [3.8, 4) is 0 Å². The molecular formula is C28H14N2O4. The molecule has 0 aliphatic carbocycles. The summed E-state index contributed by atoms with van der Waals surface area (Å²) in [5, 5.41) is 2.78. The zero-order chi connectivity index (χ0) is 23.1. The van der Waals surface area contributed by atoms with Gasteiger partial charge in [0, 0.05) is 37.7 Å². The first-order chi connectivity index (χ1) is 16.5. The second-order valence-corrected chi connectivity index (χ2v) is 8.51. The third kappa shape index (κ3) is 2.29. The minimum absolute atomic E-state index is 0.205. The predicted molar refractivity (Wildman–Crippen MR) is 136 cm³/mol. The fourth-order valence-corrected chi connectivity index (χ4v) is 5.05. The van der Waals surface area contributed by atoms with Gasteiger partial charge in [-0.25, -0.2) is 0 Å². The summed E-state index contributed by atoms with van der Waals surface area (Å²) in [6.07, 6.45) is 0. The third-order valence-corrected chi connectivity index (χ3v) is 6.69. The molecule has 6 aromatic carbocycles. The lowest BCUT2D eigenvalue weighted by Crippen LogP contribution is -2.14. The number of fused-ring (bicyclic) bond motifs is 7. The Morgan fingerprint density at radius 2 is 0.882 bits per heavy atom. The van der Waals surface area contributed by atoms with Gasteiger partial charge in [0.2, 0.25) is 0 Å². The van der Waals surface area contributed by atoms with E-state index in [1.54, 1.807) is 72.8 Å². The summed E-state index contributed by atoms with van der Waals surface area (Å²) in [4.78, 5) is 59.2. The first kappa shape index (κ1) is 18.7. The number of hydrogen-bond acceptors (Lipinski definition) is 4. The number of rotatable bonds is 0. The van der Waals surface area contributed by atoms with E-state index in [-0.39, 0.29) is 21.7 Å². The Morgan fingerprint density at radius 3 is 1.44 bits per heavy atom. The minimum atomic E-state index is -0.238. The van der Waals surface area contributed by atoms with Crippen LogP contribution in [0, 0.1) is 0 Å². The normalized spacial score (nSPS) is 12.0. The van der Waals surface area contributed by atoms with Crippen LogP contribution in [0.25, 0.3) is 65.2 Å². The molecule has 0 atom stereocenters. The molecule has 0 fully saturated rings. The molecule has 7 rings (SSSR count). The van der Waals surface area contributed by atoms with Crippen LogP contribution in [0.15, 0.2) is 92.0 Å². The summed E-state index contributed by atoms with van der Waals surface area (Å²) in [5.41, 5.74) is 1.39. The first-order valence-corrected chi connectivity index (χ1v) is 10.8. The maximum Gasteiger partial charge on any atom is 0.196 e. The van der Waals surface area contributed by atoms with Crippen LogP contribution >= 0.6 is 0 Å². The predicted octanol–water partition coefficient (Wildman–Crippen LogP) is 4.14. The molecule has 0 aliphatic rings. The Bertz CT molecular complexity index is 2230. The quantitative estimate of drug-likeness (QED) is 0.272. The summed E-state index contributed by atoms with van der Waals surface area (Å²) < 4.78 is 0. The van der Waals surface area contributed by atoms with Crippen molar-refractivity contribution >= 4 is 65.2 Å². The largest absolute Gasteiger partial charge is 0.352 e. The van der Waals surface area contributed by atoms with Crippen LogP contribution in [0.2, 0.25) is 0 Å². The third-order valence-electron chi connectivity index (χ3n) is 6.69. The van der Waals surface area contributed by atoms with Crippen molar-refractivity contribution in [2.45, 2.75) is 0 Å². The molecule has 7 aromatic rings. The molecule has 0 amide bonds. The van der Waals surface area contributed by atoms with E-state index in [1.807, 2.05) is 0 Å². The van der Waals surface area contributed by atoms with Gasteiger partial charge in [0.25, 0.3) is 0 Å². The Kier molecular flexibility index (Phi) is 3.50. The number of H-pyrrole nitrogens is 2. The highest BCUT2D eigenvalue weighted by Gasteiger charge is 2.16. The van der Waals surface area contributed by atoms with Gasteiger partial charge < -0.3 is 9.97 Å². The minimum Gasteiger partial charge on any atom is -0.352 e. The molecule has 6 nitrogen and oxygen atoms in total. The van der Waals surface area contributed by atoms with Crippen LogP contribution < -0.4 is 21.7 Å². The Balaban J connectivity index is 1.70. The van der Waals surface area contributed by atoms with Crippen LogP contribution in [0.1, 0.15) is 0 Å². The summed E-state index contributed by atoms with van der Waals surface area (Å²) >= 11 is 0. The monoisotopic (exact) mass is 442 g/mol. The van der Waals surface area contributed by atoms with E-state index in [0.717, 1.165) is 0 Å². The van der Waals surface area contributed by atoms with Crippen molar-refractivity contribution in [3.05, 3.63) is 114 Å². The summed E-state index contributed by atoms with van der Waals surface area (Å²) in [6, 6.07) is 20.3. The van der Waals surface area contributed by atoms with E-state index in [2.05, 4.69) is 9.97 Å². The van der Waals surface area contributed by atoms with E-state index in [0.29, 0.717) is 65.2 Å². The number of nitrogens with one attached hydrogen (secondary N) is 2. The summed E-state index contributed by atoms with van der Waals surface area (Å²) in [5.74, 6) is 0. The lowest BCUT2D eigenvalue weighted by atomic mass is 10.00. The number of benzene rings is 6. The molecule has 0 saturated heterocycles. The molecule has 160 valence electrons. The van der Waals surface area contributed by atoms with Gasteiger partial charge in [0.1, 0.15) is 0 Å². The second kappa shape index (κ2) is 6.36. The van der Waals surface area contributed by atoms with Crippen molar-refractivity contribution in [1.82, 2.24) is 9.97 Å². The van der Waals surface area contributed by atoms with Gasteiger partial charge in [0.15, 0.2) is 21.7 Å². The average molecular weight is 442 g/mol. The Hall–Kier alpha value is -4.84. The van der Waals surface area contributed by atoms with Gasteiger partial charge >= 0.3 is 0 Å². The topological polar surface area (TPSA) is 99.9 Å². The van der Waals surface area contributed by atoms with E-state index in [1.165, 1.54) is 0 Å². The summed E-state index contributed by atoms with van der Waals surface area (Å²) in [7, 11) is 0.